The molecule has 1 aromatic heterocycles. The minimum absolute atomic E-state index is 0.0814. The van der Waals surface area contributed by atoms with Gasteiger partial charge in [0.1, 0.15) is 11.2 Å². The molecule has 7 nitrogen and oxygen atoms in total. The molecule has 0 radical (unpaired) electrons. The molecule has 98 valence electrons. The number of carboxylic acid groups (broad SMARTS) is 1. The molecule has 1 rings (SSSR count). The monoisotopic (exact) mass is 273 g/mol. The molecule has 0 saturated heterocycles. The van der Waals surface area contributed by atoms with E-state index in [2.05, 4.69) is 15.5 Å². The van der Waals surface area contributed by atoms with Crippen LogP contribution in [0, 0.1) is 0 Å². The zero-order chi connectivity index (χ0) is 13.9. The maximum absolute atomic E-state index is 11.5. The van der Waals surface area contributed by atoms with Gasteiger partial charge in [-0.2, -0.15) is 0 Å². The number of anilines is 1. The molecule has 0 spiro atoms. The van der Waals surface area contributed by atoms with Gasteiger partial charge in [-0.1, -0.05) is 11.6 Å². The van der Waals surface area contributed by atoms with Crippen LogP contribution in [0.15, 0.2) is 6.07 Å². The first-order valence-electron chi connectivity index (χ1n) is 4.95. The van der Waals surface area contributed by atoms with Crippen molar-refractivity contribution in [1.29, 1.82) is 0 Å². The number of hydrogen-bond donors (Lipinski definition) is 2. The highest BCUT2D eigenvalue weighted by molar-refractivity contribution is 6.29. The molecule has 18 heavy (non-hydrogen) atoms. The summed E-state index contributed by atoms with van der Waals surface area (Å²) >= 11 is 5.52. The number of nitrogens with zero attached hydrogens (tertiary/aromatic N) is 2. The van der Waals surface area contributed by atoms with Gasteiger partial charge in [-0.15, -0.1) is 10.2 Å². The minimum Gasteiger partial charge on any atom is -0.478 e. The first-order chi connectivity index (χ1) is 8.19. The summed E-state index contributed by atoms with van der Waals surface area (Å²) in [6.07, 6.45) is -0.818. The number of ether oxygens (including phenoxy) is 1. The van der Waals surface area contributed by atoms with Crippen LogP contribution >= 0.6 is 11.6 Å². The van der Waals surface area contributed by atoms with E-state index in [-0.39, 0.29) is 16.5 Å². The largest absolute Gasteiger partial charge is 0.478 e. The molecule has 0 atom stereocenters. The lowest BCUT2D eigenvalue weighted by atomic mass is 10.2. The number of aromatic nitrogens is 2. The van der Waals surface area contributed by atoms with Crippen LogP contribution in [0.2, 0.25) is 5.15 Å². The zero-order valence-electron chi connectivity index (χ0n) is 10.0. The Balaban J connectivity index is 2.91. The Kier molecular flexibility index (Phi) is 4.07. The average molecular weight is 274 g/mol. The second-order valence-corrected chi connectivity index (χ2v) is 4.75. The number of carbonyl (C=O) groups excluding carboxylic acids is 1. The van der Waals surface area contributed by atoms with E-state index in [9.17, 15) is 9.59 Å². The van der Waals surface area contributed by atoms with Crippen molar-refractivity contribution >= 4 is 29.5 Å². The van der Waals surface area contributed by atoms with Gasteiger partial charge in [0, 0.05) is 0 Å². The van der Waals surface area contributed by atoms with Crippen LogP contribution in [0.3, 0.4) is 0 Å². The highest BCUT2D eigenvalue weighted by Crippen LogP contribution is 2.16. The van der Waals surface area contributed by atoms with Crippen molar-refractivity contribution in [3.63, 3.8) is 0 Å². The van der Waals surface area contributed by atoms with Crippen LogP contribution in [0.5, 0.6) is 0 Å². The van der Waals surface area contributed by atoms with Crippen LogP contribution in [0.1, 0.15) is 31.1 Å². The molecule has 0 unspecified atom stereocenters. The first kappa shape index (κ1) is 14.2. The molecular formula is C10H12ClN3O4. The predicted octanol–water partition coefficient (Wildman–Crippen LogP) is 2.18. The molecular weight excluding hydrogens is 262 g/mol. The van der Waals surface area contributed by atoms with Crippen LogP contribution in [0.4, 0.5) is 10.6 Å². The van der Waals surface area contributed by atoms with Gasteiger partial charge in [0.05, 0.1) is 0 Å². The lowest BCUT2D eigenvalue weighted by molar-refractivity contribution is 0.0635. The van der Waals surface area contributed by atoms with Gasteiger partial charge in [-0.05, 0) is 26.8 Å². The highest BCUT2D eigenvalue weighted by Gasteiger charge is 2.20. The molecule has 0 aliphatic heterocycles. The fourth-order valence-electron chi connectivity index (χ4n) is 1.02. The summed E-state index contributed by atoms with van der Waals surface area (Å²) < 4.78 is 4.96. The predicted molar refractivity (Wildman–Crippen MR) is 63.9 cm³/mol. The number of nitrogens with one attached hydrogen (secondary N) is 1. The molecule has 1 amide bonds. The van der Waals surface area contributed by atoms with E-state index in [1.165, 1.54) is 0 Å². The molecule has 1 heterocycles. The average Bonchev–Trinajstić information content (AvgIpc) is 2.17. The molecule has 0 aliphatic carbocycles. The van der Waals surface area contributed by atoms with Gasteiger partial charge in [-0.25, -0.2) is 9.59 Å². The van der Waals surface area contributed by atoms with E-state index >= 15 is 0 Å². The molecule has 0 aliphatic rings. The Bertz CT molecular complexity index is 485. The van der Waals surface area contributed by atoms with Gasteiger partial charge in [0.25, 0.3) is 0 Å². The topological polar surface area (TPSA) is 101 Å². The summed E-state index contributed by atoms with van der Waals surface area (Å²) in [4.78, 5) is 22.4. The summed E-state index contributed by atoms with van der Waals surface area (Å²) in [5.41, 5.74) is -0.964. The van der Waals surface area contributed by atoms with E-state index in [1.54, 1.807) is 20.8 Å². The number of aromatic carboxylic acids is 1. The minimum atomic E-state index is -1.28. The zero-order valence-corrected chi connectivity index (χ0v) is 10.8. The number of carboxylic acids is 1. The second kappa shape index (κ2) is 5.18. The number of rotatable bonds is 2. The maximum atomic E-state index is 11.5. The normalized spacial score (nSPS) is 10.9. The van der Waals surface area contributed by atoms with Crippen molar-refractivity contribution in [1.82, 2.24) is 10.2 Å². The van der Waals surface area contributed by atoms with Crippen molar-refractivity contribution in [2.24, 2.45) is 0 Å². The van der Waals surface area contributed by atoms with Gasteiger partial charge in [0.15, 0.2) is 11.0 Å². The van der Waals surface area contributed by atoms with Gasteiger partial charge < -0.3 is 9.84 Å². The molecule has 2 N–H and O–H groups in total. The molecule has 0 saturated carbocycles. The van der Waals surface area contributed by atoms with Crippen molar-refractivity contribution in [3.05, 3.63) is 16.8 Å². The summed E-state index contributed by atoms with van der Waals surface area (Å²) in [7, 11) is 0. The molecule has 1 aromatic rings. The summed E-state index contributed by atoms with van der Waals surface area (Å²) in [5, 5.41) is 18.0. The van der Waals surface area contributed by atoms with Crippen molar-refractivity contribution < 1.29 is 19.4 Å². The SMILES string of the molecule is CC(C)(C)OC(=O)Nc1nnc(Cl)cc1C(=O)O. The van der Waals surface area contributed by atoms with E-state index < -0.39 is 17.7 Å². The van der Waals surface area contributed by atoms with Crippen LogP contribution in [0.25, 0.3) is 0 Å². The van der Waals surface area contributed by atoms with E-state index in [0.29, 0.717) is 0 Å². The number of carbonyl (C=O) groups is 2. The van der Waals surface area contributed by atoms with Crippen LogP contribution in [-0.4, -0.2) is 33.0 Å². The Morgan fingerprint density at radius 3 is 2.50 bits per heavy atom. The maximum Gasteiger partial charge on any atom is 0.413 e. The van der Waals surface area contributed by atoms with Crippen molar-refractivity contribution in [2.75, 3.05) is 5.32 Å². The molecule has 8 heteroatoms. The second-order valence-electron chi connectivity index (χ2n) is 4.36. The lowest BCUT2D eigenvalue weighted by Gasteiger charge is -2.19. The Morgan fingerprint density at radius 1 is 1.39 bits per heavy atom. The summed E-state index contributed by atoms with van der Waals surface area (Å²) in [6.45, 7) is 5.04. The van der Waals surface area contributed by atoms with Crippen LogP contribution in [-0.2, 0) is 4.74 Å². The fraction of sp³-hybridized carbons (Fsp3) is 0.400. The molecule has 0 fully saturated rings. The van der Waals surface area contributed by atoms with Crippen LogP contribution < -0.4 is 5.32 Å². The number of halogens is 1. The van der Waals surface area contributed by atoms with Crippen molar-refractivity contribution in [3.8, 4) is 0 Å². The van der Waals surface area contributed by atoms with Gasteiger partial charge >= 0.3 is 12.1 Å². The summed E-state index contributed by atoms with van der Waals surface area (Å²) in [5.74, 6) is -1.50. The first-order valence-corrected chi connectivity index (χ1v) is 5.33. The Labute approximate surface area is 108 Å². The fourth-order valence-corrected chi connectivity index (χ4v) is 1.17. The smallest absolute Gasteiger partial charge is 0.413 e. The third-order valence-electron chi connectivity index (χ3n) is 1.61. The van der Waals surface area contributed by atoms with E-state index in [1.807, 2.05) is 0 Å². The van der Waals surface area contributed by atoms with E-state index in [4.69, 9.17) is 21.4 Å². The highest BCUT2D eigenvalue weighted by atomic mass is 35.5. The Morgan fingerprint density at radius 2 is 2.00 bits per heavy atom. The van der Waals surface area contributed by atoms with E-state index in [0.717, 1.165) is 6.07 Å². The Hall–Kier alpha value is -1.89. The summed E-state index contributed by atoms with van der Waals surface area (Å²) in [6, 6.07) is 1.09. The van der Waals surface area contributed by atoms with Gasteiger partial charge in [-0.3, -0.25) is 5.32 Å². The standard InChI is InChI=1S/C10H12ClN3O4/c1-10(2,3)18-9(17)12-7-5(8(15)16)4-6(11)13-14-7/h4H,1-3H3,(H,15,16)(H,12,14,17). The lowest BCUT2D eigenvalue weighted by Crippen LogP contribution is -2.28. The number of hydrogen-bond acceptors (Lipinski definition) is 5. The number of amides is 1. The third kappa shape index (κ3) is 4.17. The van der Waals surface area contributed by atoms with Crippen molar-refractivity contribution in [2.45, 2.75) is 26.4 Å². The van der Waals surface area contributed by atoms with Gasteiger partial charge in [0.2, 0.25) is 0 Å². The third-order valence-corrected chi connectivity index (χ3v) is 1.80. The molecule has 0 bridgehead atoms. The quantitative estimate of drug-likeness (QED) is 0.856. The molecule has 0 aromatic carbocycles.